The van der Waals surface area contributed by atoms with Crippen molar-refractivity contribution in [2.24, 2.45) is 5.10 Å². The van der Waals surface area contributed by atoms with Crippen molar-refractivity contribution < 1.29 is 4.79 Å². The molecule has 1 atom stereocenters. The van der Waals surface area contributed by atoms with E-state index in [4.69, 9.17) is 0 Å². The van der Waals surface area contributed by atoms with Crippen molar-refractivity contribution in [3.05, 3.63) is 59.7 Å². The van der Waals surface area contributed by atoms with E-state index in [1.807, 2.05) is 49.3 Å². The van der Waals surface area contributed by atoms with Gasteiger partial charge < -0.3 is 9.80 Å². The van der Waals surface area contributed by atoms with E-state index in [0.717, 1.165) is 16.9 Å². The molecular formula is C22H28N4O. The number of rotatable bonds is 5. The van der Waals surface area contributed by atoms with Gasteiger partial charge in [-0.1, -0.05) is 44.2 Å². The van der Waals surface area contributed by atoms with Crippen LogP contribution in [0.25, 0.3) is 0 Å². The second-order valence-electron chi connectivity index (χ2n) is 7.82. The summed E-state index contributed by atoms with van der Waals surface area (Å²) in [4.78, 5) is 16.6. The van der Waals surface area contributed by atoms with Gasteiger partial charge in [-0.3, -0.25) is 4.79 Å². The van der Waals surface area contributed by atoms with E-state index in [2.05, 4.69) is 54.4 Å². The average Bonchev–Trinajstić information content (AvgIpc) is 2.83. The van der Waals surface area contributed by atoms with E-state index >= 15 is 0 Å². The van der Waals surface area contributed by atoms with Crippen LogP contribution in [0.1, 0.15) is 31.9 Å². The molecule has 0 aromatic heterocycles. The number of benzene rings is 2. The lowest BCUT2D eigenvalue weighted by molar-refractivity contribution is -0.119. The number of para-hydroxylation sites is 1. The lowest BCUT2D eigenvalue weighted by Crippen LogP contribution is -2.43. The number of anilines is 2. The molecule has 142 valence electrons. The van der Waals surface area contributed by atoms with Gasteiger partial charge in [-0.05, 0) is 36.2 Å². The summed E-state index contributed by atoms with van der Waals surface area (Å²) in [5, 5.41) is 4.11. The van der Waals surface area contributed by atoms with Crippen molar-refractivity contribution in [3.63, 3.8) is 0 Å². The molecule has 2 aromatic rings. The van der Waals surface area contributed by atoms with Gasteiger partial charge >= 0.3 is 0 Å². The molecule has 1 amide bonds. The number of carbonyl (C=O) groups excluding carboxylic acids is 1. The van der Waals surface area contributed by atoms with Gasteiger partial charge in [0.1, 0.15) is 0 Å². The molecule has 0 spiro atoms. The van der Waals surface area contributed by atoms with Crippen molar-refractivity contribution >= 4 is 23.5 Å². The molecule has 1 aliphatic rings. The van der Waals surface area contributed by atoms with Crippen molar-refractivity contribution in [2.75, 3.05) is 30.4 Å². The summed E-state index contributed by atoms with van der Waals surface area (Å²) in [6.07, 6.45) is 1.67. The minimum Gasteiger partial charge on any atom is -0.378 e. The predicted molar refractivity (Wildman–Crippen MR) is 113 cm³/mol. The van der Waals surface area contributed by atoms with Gasteiger partial charge in [-0.2, -0.15) is 5.10 Å². The van der Waals surface area contributed by atoms with Gasteiger partial charge in [0.15, 0.2) is 0 Å². The molecule has 0 bridgehead atoms. The van der Waals surface area contributed by atoms with Crippen molar-refractivity contribution in [1.82, 2.24) is 5.43 Å². The van der Waals surface area contributed by atoms with Crippen LogP contribution in [0.5, 0.6) is 0 Å². The highest BCUT2D eigenvalue weighted by Crippen LogP contribution is 2.44. The topological polar surface area (TPSA) is 47.9 Å². The fourth-order valence-corrected chi connectivity index (χ4v) is 3.54. The zero-order valence-electron chi connectivity index (χ0n) is 16.7. The molecule has 3 rings (SSSR count). The molecule has 0 saturated heterocycles. The molecule has 1 N–H and O–H groups in total. The number of carbonyl (C=O) groups is 1. The number of hydrazone groups is 1. The summed E-state index contributed by atoms with van der Waals surface area (Å²) < 4.78 is 0. The van der Waals surface area contributed by atoms with Crippen LogP contribution in [0, 0.1) is 0 Å². The standard InChI is InChI=1S/C22H28N4O/c1-16-22(2,3)19-8-6-7-9-20(19)26(16)15-21(27)24-23-14-17-10-12-18(13-11-17)25(4)5/h6-14,16H,15H2,1-5H3,(H,24,27)/b23-14+. The van der Waals surface area contributed by atoms with Gasteiger partial charge in [-0.25, -0.2) is 5.43 Å². The summed E-state index contributed by atoms with van der Waals surface area (Å²) in [6, 6.07) is 16.6. The number of nitrogens with one attached hydrogen (secondary N) is 1. The SMILES string of the molecule is CC1N(CC(=O)N/N=C/c2ccc(N(C)C)cc2)c2ccccc2C1(C)C. The number of amides is 1. The van der Waals surface area contributed by atoms with Gasteiger partial charge in [0, 0.05) is 36.9 Å². The fraction of sp³-hybridized carbons (Fsp3) is 0.364. The first kappa shape index (κ1) is 19.0. The van der Waals surface area contributed by atoms with Crippen LogP contribution < -0.4 is 15.2 Å². The first-order chi connectivity index (χ1) is 12.8. The Kier molecular flexibility index (Phi) is 5.22. The summed E-state index contributed by atoms with van der Waals surface area (Å²) >= 11 is 0. The normalized spacial score (nSPS) is 17.8. The molecular weight excluding hydrogens is 336 g/mol. The second kappa shape index (κ2) is 7.43. The summed E-state index contributed by atoms with van der Waals surface area (Å²) in [7, 11) is 4.00. The van der Waals surface area contributed by atoms with Crippen LogP contribution >= 0.6 is 0 Å². The highest BCUT2D eigenvalue weighted by molar-refractivity contribution is 5.85. The minimum absolute atomic E-state index is 0.00826. The molecule has 1 unspecified atom stereocenters. The number of hydrogen-bond acceptors (Lipinski definition) is 4. The Balaban J connectivity index is 1.63. The van der Waals surface area contributed by atoms with Crippen molar-refractivity contribution in [1.29, 1.82) is 0 Å². The van der Waals surface area contributed by atoms with Crippen molar-refractivity contribution in [3.8, 4) is 0 Å². The number of hydrogen-bond donors (Lipinski definition) is 1. The third-order valence-electron chi connectivity index (χ3n) is 5.55. The van der Waals surface area contributed by atoms with E-state index in [9.17, 15) is 4.79 Å². The first-order valence-corrected chi connectivity index (χ1v) is 9.26. The Bertz CT molecular complexity index is 840. The fourth-order valence-electron chi connectivity index (χ4n) is 3.54. The number of nitrogens with zero attached hydrogens (tertiary/aromatic N) is 3. The van der Waals surface area contributed by atoms with Crippen LogP contribution in [-0.2, 0) is 10.2 Å². The van der Waals surface area contributed by atoms with Gasteiger partial charge in [0.2, 0.25) is 0 Å². The quantitative estimate of drug-likeness (QED) is 0.653. The monoisotopic (exact) mass is 364 g/mol. The predicted octanol–water partition coefficient (Wildman–Crippen LogP) is 3.39. The van der Waals surface area contributed by atoms with Crippen LogP contribution in [0.15, 0.2) is 53.6 Å². The Morgan fingerprint density at radius 3 is 2.52 bits per heavy atom. The van der Waals surface area contributed by atoms with Crippen LogP contribution in [0.2, 0.25) is 0 Å². The lowest BCUT2D eigenvalue weighted by atomic mass is 9.81. The maximum Gasteiger partial charge on any atom is 0.259 e. The Morgan fingerprint density at radius 1 is 1.19 bits per heavy atom. The Hall–Kier alpha value is -2.82. The minimum atomic E-state index is -0.115. The van der Waals surface area contributed by atoms with Gasteiger partial charge in [-0.15, -0.1) is 0 Å². The maximum absolute atomic E-state index is 12.4. The largest absolute Gasteiger partial charge is 0.378 e. The lowest BCUT2D eigenvalue weighted by Gasteiger charge is -2.30. The Labute approximate surface area is 161 Å². The van der Waals surface area contributed by atoms with E-state index in [0.29, 0.717) is 6.54 Å². The third-order valence-corrected chi connectivity index (χ3v) is 5.55. The molecule has 1 heterocycles. The van der Waals surface area contributed by atoms with E-state index < -0.39 is 0 Å². The van der Waals surface area contributed by atoms with Crippen LogP contribution in [0.3, 0.4) is 0 Å². The number of fused-ring (bicyclic) bond motifs is 1. The maximum atomic E-state index is 12.4. The summed E-state index contributed by atoms with van der Waals surface area (Å²) in [6.45, 7) is 6.91. The van der Waals surface area contributed by atoms with Gasteiger partial charge in [0.05, 0.1) is 12.8 Å². The highest BCUT2D eigenvalue weighted by Gasteiger charge is 2.41. The molecule has 0 fully saturated rings. The summed E-state index contributed by atoms with van der Waals surface area (Å²) in [5.41, 5.74) is 7.15. The van der Waals surface area contributed by atoms with Crippen LogP contribution in [-0.4, -0.2) is 38.8 Å². The molecule has 0 radical (unpaired) electrons. The van der Waals surface area contributed by atoms with E-state index in [1.54, 1.807) is 6.21 Å². The highest BCUT2D eigenvalue weighted by atomic mass is 16.2. The van der Waals surface area contributed by atoms with Crippen molar-refractivity contribution in [2.45, 2.75) is 32.2 Å². The molecule has 0 saturated carbocycles. The van der Waals surface area contributed by atoms with E-state index in [-0.39, 0.29) is 17.4 Å². The zero-order chi connectivity index (χ0) is 19.6. The molecule has 2 aromatic carbocycles. The summed E-state index contributed by atoms with van der Waals surface area (Å²) in [5.74, 6) is -0.115. The molecule has 27 heavy (non-hydrogen) atoms. The third kappa shape index (κ3) is 3.82. The first-order valence-electron chi connectivity index (χ1n) is 9.26. The van der Waals surface area contributed by atoms with Gasteiger partial charge in [0.25, 0.3) is 5.91 Å². The smallest absolute Gasteiger partial charge is 0.259 e. The Morgan fingerprint density at radius 2 is 1.85 bits per heavy atom. The average molecular weight is 364 g/mol. The van der Waals surface area contributed by atoms with E-state index in [1.165, 1.54) is 5.56 Å². The molecule has 5 nitrogen and oxygen atoms in total. The zero-order valence-corrected chi connectivity index (χ0v) is 16.7. The molecule has 5 heteroatoms. The second-order valence-corrected chi connectivity index (χ2v) is 7.82. The molecule has 0 aliphatic carbocycles. The van der Waals surface area contributed by atoms with Crippen LogP contribution in [0.4, 0.5) is 11.4 Å². The molecule has 1 aliphatic heterocycles.